The van der Waals surface area contributed by atoms with Crippen LogP contribution in [-0.4, -0.2) is 25.0 Å². The van der Waals surface area contributed by atoms with Crippen LogP contribution >= 0.6 is 0 Å². The third-order valence-electron chi connectivity index (χ3n) is 1.26. The lowest BCUT2D eigenvalue weighted by atomic mass is 10.3. The summed E-state index contributed by atoms with van der Waals surface area (Å²) in [5.41, 5.74) is 0.397. The van der Waals surface area contributed by atoms with Gasteiger partial charge in [0, 0.05) is 5.57 Å². The first kappa shape index (κ1) is 12.2. The Morgan fingerprint density at radius 2 is 2.21 bits per heavy atom. The van der Waals surface area contributed by atoms with E-state index in [9.17, 15) is 9.59 Å². The fourth-order valence-corrected chi connectivity index (χ4v) is 0.596. The van der Waals surface area contributed by atoms with Gasteiger partial charge in [0.05, 0.1) is 12.6 Å². The Kier molecular flexibility index (Phi) is 5.79. The summed E-state index contributed by atoms with van der Waals surface area (Å²) in [6, 6.07) is 1.66. The maximum atomic E-state index is 10.9. The van der Waals surface area contributed by atoms with Crippen LogP contribution in [0, 0.1) is 11.3 Å². The van der Waals surface area contributed by atoms with E-state index < -0.39 is 5.97 Å². The highest BCUT2D eigenvalue weighted by Crippen LogP contribution is 1.86. The molecule has 0 radical (unpaired) electrons. The van der Waals surface area contributed by atoms with Crippen molar-refractivity contribution in [1.82, 2.24) is 5.32 Å². The summed E-state index contributed by atoms with van der Waals surface area (Å²) < 4.78 is 4.61. The molecule has 0 unspecified atom stereocenters. The van der Waals surface area contributed by atoms with Crippen molar-refractivity contribution in [3.8, 4) is 6.07 Å². The average molecular weight is 196 g/mol. The van der Waals surface area contributed by atoms with E-state index in [1.165, 1.54) is 0 Å². The number of carbonyl (C=O) groups excluding carboxylic acids is 2. The molecule has 1 amide bonds. The zero-order chi connectivity index (χ0) is 11.0. The highest BCUT2D eigenvalue weighted by Gasteiger charge is 2.02. The number of esters is 1. The van der Waals surface area contributed by atoms with Crippen molar-refractivity contribution in [2.45, 2.75) is 13.3 Å². The number of amides is 1. The lowest BCUT2D eigenvalue weighted by Crippen LogP contribution is -2.28. The van der Waals surface area contributed by atoms with Crippen molar-refractivity contribution < 1.29 is 14.3 Å². The minimum atomic E-state index is -0.586. The molecule has 0 bridgehead atoms. The van der Waals surface area contributed by atoms with Gasteiger partial charge >= 0.3 is 5.97 Å². The SMILES string of the molecule is C=C(C)C(=O)NCCOC(=O)CC#N. The van der Waals surface area contributed by atoms with Crippen molar-refractivity contribution in [2.75, 3.05) is 13.2 Å². The molecule has 0 aromatic carbocycles. The zero-order valence-electron chi connectivity index (χ0n) is 8.00. The summed E-state index contributed by atoms with van der Waals surface area (Å²) in [5.74, 6) is -0.863. The second-order valence-electron chi connectivity index (χ2n) is 2.59. The van der Waals surface area contributed by atoms with Crippen LogP contribution in [0.15, 0.2) is 12.2 Å². The minimum Gasteiger partial charge on any atom is -0.463 e. The lowest BCUT2D eigenvalue weighted by molar-refractivity contribution is -0.142. The second kappa shape index (κ2) is 6.66. The Morgan fingerprint density at radius 3 is 2.71 bits per heavy atom. The molecule has 0 aliphatic carbocycles. The molecule has 5 nitrogen and oxygen atoms in total. The molecular formula is C9H12N2O3. The van der Waals surface area contributed by atoms with Crippen LogP contribution in [0.3, 0.4) is 0 Å². The molecule has 0 aromatic heterocycles. The van der Waals surface area contributed by atoms with Crippen LogP contribution in [0.25, 0.3) is 0 Å². The smallest absolute Gasteiger partial charge is 0.320 e. The van der Waals surface area contributed by atoms with E-state index in [2.05, 4.69) is 16.6 Å². The number of rotatable bonds is 5. The summed E-state index contributed by atoms with van der Waals surface area (Å²) >= 11 is 0. The molecule has 1 N–H and O–H groups in total. The number of carbonyl (C=O) groups is 2. The highest BCUT2D eigenvalue weighted by molar-refractivity contribution is 5.92. The average Bonchev–Trinajstić information content (AvgIpc) is 2.12. The standard InChI is InChI=1S/C9H12N2O3/c1-7(2)9(13)11-5-6-14-8(12)3-4-10/h1,3,5-6H2,2H3,(H,11,13). The number of hydrogen-bond acceptors (Lipinski definition) is 4. The van der Waals surface area contributed by atoms with Gasteiger partial charge in [-0.25, -0.2) is 0 Å². The van der Waals surface area contributed by atoms with E-state index >= 15 is 0 Å². The highest BCUT2D eigenvalue weighted by atomic mass is 16.5. The molecule has 76 valence electrons. The maximum Gasteiger partial charge on any atom is 0.320 e. The quantitative estimate of drug-likeness (QED) is 0.385. The zero-order valence-corrected chi connectivity index (χ0v) is 8.00. The molecule has 0 atom stereocenters. The van der Waals surface area contributed by atoms with Gasteiger partial charge in [-0.3, -0.25) is 9.59 Å². The largest absolute Gasteiger partial charge is 0.463 e. The van der Waals surface area contributed by atoms with Gasteiger partial charge in [-0.1, -0.05) is 6.58 Å². The minimum absolute atomic E-state index is 0.0690. The molecule has 14 heavy (non-hydrogen) atoms. The van der Waals surface area contributed by atoms with Gasteiger partial charge in [0.25, 0.3) is 0 Å². The molecule has 0 saturated carbocycles. The van der Waals surface area contributed by atoms with Crippen molar-refractivity contribution in [1.29, 1.82) is 5.26 Å². The Hall–Kier alpha value is -1.83. The molecule has 0 aliphatic rings. The van der Waals surface area contributed by atoms with Gasteiger partial charge in [-0.05, 0) is 6.92 Å². The summed E-state index contributed by atoms with van der Waals surface area (Å²) in [4.78, 5) is 21.6. The van der Waals surface area contributed by atoms with E-state index in [1.54, 1.807) is 13.0 Å². The summed E-state index contributed by atoms with van der Waals surface area (Å²) in [7, 11) is 0. The predicted octanol–water partition coefficient (Wildman–Crippen LogP) is 0.136. The second-order valence-corrected chi connectivity index (χ2v) is 2.59. The van der Waals surface area contributed by atoms with Crippen molar-refractivity contribution >= 4 is 11.9 Å². The van der Waals surface area contributed by atoms with Gasteiger partial charge in [-0.2, -0.15) is 5.26 Å². The third-order valence-corrected chi connectivity index (χ3v) is 1.26. The van der Waals surface area contributed by atoms with Crippen LogP contribution in [0.4, 0.5) is 0 Å². The summed E-state index contributed by atoms with van der Waals surface area (Å²) in [5, 5.41) is 10.6. The molecular weight excluding hydrogens is 184 g/mol. The fourth-order valence-electron chi connectivity index (χ4n) is 0.596. The molecule has 0 heterocycles. The number of nitriles is 1. The predicted molar refractivity (Wildman–Crippen MR) is 49.0 cm³/mol. The van der Waals surface area contributed by atoms with Crippen LogP contribution in [0.1, 0.15) is 13.3 Å². The molecule has 0 aliphatic heterocycles. The summed E-state index contributed by atoms with van der Waals surface area (Å²) in [6.45, 7) is 5.31. The van der Waals surface area contributed by atoms with Gasteiger partial charge < -0.3 is 10.1 Å². The van der Waals surface area contributed by atoms with Crippen molar-refractivity contribution in [3.05, 3.63) is 12.2 Å². The molecule has 0 spiro atoms. The first-order valence-corrected chi connectivity index (χ1v) is 4.04. The van der Waals surface area contributed by atoms with E-state index in [4.69, 9.17) is 5.26 Å². The van der Waals surface area contributed by atoms with Crippen molar-refractivity contribution in [3.63, 3.8) is 0 Å². The van der Waals surface area contributed by atoms with Crippen LogP contribution in [0.2, 0.25) is 0 Å². The topological polar surface area (TPSA) is 79.2 Å². The van der Waals surface area contributed by atoms with Gasteiger partial charge in [0.15, 0.2) is 0 Å². The molecule has 0 rings (SSSR count). The molecule has 5 heteroatoms. The van der Waals surface area contributed by atoms with E-state index in [-0.39, 0.29) is 25.5 Å². The van der Waals surface area contributed by atoms with Crippen LogP contribution in [0.5, 0.6) is 0 Å². The first-order chi connectivity index (χ1) is 6.57. The number of nitrogens with one attached hydrogen (secondary N) is 1. The Labute approximate surface area is 82.3 Å². The Morgan fingerprint density at radius 1 is 1.57 bits per heavy atom. The van der Waals surface area contributed by atoms with Gasteiger partial charge in [-0.15, -0.1) is 0 Å². The fraction of sp³-hybridized carbons (Fsp3) is 0.444. The maximum absolute atomic E-state index is 10.9. The summed E-state index contributed by atoms with van der Waals surface area (Å²) in [6.07, 6.45) is -0.269. The van der Waals surface area contributed by atoms with E-state index in [1.807, 2.05) is 0 Å². The van der Waals surface area contributed by atoms with Gasteiger partial charge in [0.2, 0.25) is 5.91 Å². The number of hydrogen-bond donors (Lipinski definition) is 1. The van der Waals surface area contributed by atoms with E-state index in [0.29, 0.717) is 5.57 Å². The normalized spacial score (nSPS) is 8.57. The molecule has 0 aromatic rings. The van der Waals surface area contributed by atoms with E-state index in [0.717, 1.165) is 0 Å². The molecule has 0 saturated heterocycles. The monoisotopic (exact) mass is 196 g/mol. The number of nitrogens with zero attached hydrogens (tertiary/aromatic N) is 1. The van der Waals surface area contributed by atoms with Crippen molar-refractivity contribution in [2.24, 2.45) is 0 Å². The third kappa shape index (κ3) is 5.77. The molecule has 0 fully saturated rings. The Bertz CT molecular complexity index is 278. The lowest BCUT2D eigenvalue weighted by Gasteiger charge is -2.04. The first-order valence-electron chi connectivity index (χ1n) is 4.04. The number of ether oxygens (including phenoxy) is 1. The Balaban J connectivity index is 3.48. The van der Waals surface area contributed by atoms with Crippen LogP contribution in [-0.2, 0) is 14.3 Å². The van der Waals surface area contributed by atoms with Crippen LogP contribution < -0.4 is 5.32 Å². The van der Waals surface area contributed by atoms with Gasteiger partial charge in [0.1, 0.15) is 13.0 Å².